The summed E-state index contributed by atoms with van der Waals surface area (Å²) < 4.78 is 7.10. The van der Waals surface area contributed by atoms with E-state index in [0.29, 0.717) is 12.3 Å². The van der Waals surface area contributed by atoms with Gasteiger partial charge in [0.1, 0.15) is 12.3 Å². The number of ether oxygens (including phenoxy) is 1. The maximum atomic E-state index is 12.3. The van der Waals surface area contributed by atoms with E-state index in [-0.39, 0.29) is 36.5 Å². The van der Waals surface area contributed by atoms with Crippen LogP contribution >= 0.6 is 0 Å². The van der Waals surface area contributed by atoms with Crippen LogP contribution in [0.2, 0.25) is 0 Å². The molecule has 10 heteroatoms. The smallest absolute Gasteiger partial charge is 0.271 e. The molecular weight excluding hydrogens is 342 g/mol. The highest BCUT2D eigenvalue weighted by Gasteiger charge is 2.29. The summed E-state index contributed by atoms with van der Waals surface area (Å²) in [6, 6.07) is 3.76. The van der Waals surface area contributed by atoms with Gasteiger partial charge >= 0.3 is 0 Å². The summed E-state index contributed by atoms with van der Waals surface area (Å²) in [6.07, 6.45) is 5.07. The first kappa shape index (κ1) is 17.4. The fraction of sp³-hybridized carbons (Fsp3) is 0.312. The molecule has 3 rings (SSSR count). The van der Waals surface area contributed by atoms with Crippen molar-refractivity contribution in [3.05, 3.63) is 47.0 Å². The van der Waals surface area contributed by atoms with Crippen molar-refractivity contribution in [1.82, 2.24) is 14.9 Å². The van der Waals surface area contributed by atoms with E-state index in [9.17, 15) is 19.7 Å². The van der Waals surface area contributed by atoms with Gasteiger partial charge in [-0.05, 0) is 13.0 Å². The summed E-state index contributed by atoms with van der Waals surface area (Å²) in [6.45, 7) is 1.90. The molecule has 1 N–H and O–H groups in total. The number of amides is 2. The van der Waals surface area contributed by atoms with E-state index in [4.69, 9.17) is 4.74 Å². The molecule has 26 heavy (non-hydrogen) atoms. The third kappa shape index (κ3) is 3.79. The zero-order valence-electron chi connectivity index (χ0n) is 14.0. The summed E-state index contributed by atoms with van der Waals surface area (Å²) in [5, 5.41) is 13.8. The molecule has 1 aliphatic heterocycles. The highest BCUT2D eigenvalue weighted by Crippen LogP contribution is 2.35. The van der Waals surface area contributed by atoms with Crippen LogP contribution in [0.3, 0.4) is 0 Å². The molecule has 0 fully saturated rings. The van der Waals surface area contributed by atoms with Crippen molar-refractivity contribution in [3.8, 4) is 5.75 Å². The van der Waals surface area contributed by atoms with Crippen molar-refractivity contribution in [2.45, 2.75) is 19.5 Å². The van der Waals surface area contributed by atoms with E-state index in [1.165, 1.54) is 23.1 Å². The van der Waals surface area contributed by atoms with E-state index in [1.807, 2.05) is 11.5 Å². The predicted molar refractivity (Wildman–Crippen MR) is 90.8 cm³/mol. The lowest BCUT2D eigenvalue weighted by molar-refractivity contribution is -0.384. The number of nitro benzene ring substituents is 1. The molecule has 136 valence electrons. The lowest BCUT2D eigenvalue weighted by atomic mass is 10.2. The predicted octanol–water partition coefficient (Wildman–Crippen LogP) is 0.722. The Kier molecular flexibility index (Phi) is 4.83. The molecule has 1 aromatic heterocycles. The van der Waals surface area contributed by atoms with Gasteiger partial charge in [0, 0.05) is 37.1 Å². The lowest BCUT2D eigenvalue weighted by Crippen LogP contribution is -2.47. The summed E-state index contributed by atoms with van der Waals surface area (Å²) >= 11 is 0. The first-order valence-electron chi connectivity index (χ1n) is 7.91. The average Bonchev–Trinajstić information content (AvgIpc) is 3.09. The topological polar surface area (TPSA) is 120 Å². The van der Waals surface area contributed by atoms with Crippen molar-refractivity contribution < 1.29 is 19.2 Å². The van der Waals surface area contributed by atoms with Gasteiger partial charge in [0.2, 0.25) is 5.91 Å². The van der Waals surface area contributed by atoms with Crippen LogP contribution in [0.1, 0.15) is 6.92 Å². The van der Waals surface area contributed by atoms with Gasteiger partial charge in [-0.1, -0.05) is 0 Å². The zero-order valence-corrected chi connectivity index (χ0v) is 14.0. The molecule has 1 unspecified atom stereocenters. The molecule has 10 nitrogen and oxygen atoms in total. The number of nitrogens with zero attached hydrogens (tertiary/aromatic N) is 4. The maximum absolute atomic E-state index is 12.3. The largest absolute Gasteiger partial charge is 0.482 e. The molecule has 0 saturated heterocycles. The molecule has 0 aliphatic carbocycles. The Morgan fingerprint density at radius 3 is 3.00 bits per heavy atom. The fourth-order valence-electron chi connectivity index (χ4n) is 2.70. The first-order chi connectivity index (χ1) is 12.4. The average molecular weight is 359 g/mol. The van der Waals surface area contributed by atoms with Crippen molar-refractivity contribution in [2.75, 3.05) is 18.1 Å². The van der Waals surface area contributed by atoms with Crippen LogP contribution in [-0.2, 0) is 16.1 Å². The van der Waals surface area contributed by atoms with Crippen LogP contribution in [-0.4, -0.2) is 45.5 Å². The zero-order chi connectivity index (χ0) is 18.7. The van der Waals surface area contributed by atoms with E-state index >= 15 is 0 Å². The van der Waals surface area contributed by atoms with Crippen molar-refractivity contribution in [3.63, 3.8) is 0 Å². The van der Waals surface area contributed by atoms with E-state index < -0.39 is 10.8 Å². The van der Waals surface area contributed by atoms with E-state index in [2.05, 4.69) is 10.3 Å². The number of imidazole rings is 1. The van der Waals surface area contributed by atoms with Crippen LogP contribution in [0, 0.1) is 10.1 Å². The van der Waals surface area contributed by atoms with E-state index in [0.717, 1.165) is 0 Å². The Balaban J connectivity index is 1.70. The molecular formula is C16H17N5O5. The van der Waals surface area contributed by atoms with Gasteiger partial charge in [0.25, 0.3) is 11.6 Å². The lowest BCUT2D eigenvalue weighted by Gasteiger charge is -2.29. The standard InChI is InChI=1S/C16H17N5O5/c1-11(7-19-5-4-17-10-19)18-15(22)8-20-13-6-12(21(24)25)2-3-14(13)26-9-16(20)23/h2-6,10-11H,7-9H2,1H3,(H,18,22). The number of anilines is 1. The number of carbonyl (C=O) groups is 2. The van der Waals surface area contributed by atoms with Gasteiger partial charge in [-0.15, -0.1) is 0 Å². The maximum Gasteiger partial charge on any atom is 0.271 e. The van der Waals surface area contributed by atoms with Gasteiger partial charge in [0.05, 0.1) is 16.9 Å². The fourth-order valence-corrected chi connectivity index (χ4v) is 2.70. The third-order valence-electron chi connectivity index (χ3n) is 3.85. The number of non-ortho nitro benzene ring substituents is 1. The summed E-state index contributed by atoms with van der Waals surface area (Å²) in [4.78, 5) is 40.0. The molecule has 1 aliphatic rings. The molecule has 1 atom stereocenters. The van der Waals surface area contributed by atoms with Gasteiger partial charge < -0.3 is 14.6 Å². The molecule has 2 amide bonds. The molecule has 0 radical (unpaired) electrons. The summed E-state index contributed by atoms with van der Waals surface area (Å²) in [7, 11) is 0. The highest BCUT2D eigenvalue weighted by atomic mass is 16.6. The number of hydrogen-bond donors (Lipinski definition) is 1. The number of aromatic nitrogens is 2. The molecule has 0 saturated carbocycles. The number of benzene rings is 1. The summed E-state index contributed by atoms with van der Waals surface area (Å²) in [5.74, 6) is -0.477. The molecule has 0 bridgehead atoms. The van der Waals surface area contributed by atoms with Gasteiger partial charge in [-0.2, -0.15) is 0 Å². The normalized spacial score (nSPS) is 14.3. The van der Waals surface area contributed by atoms with Crippen LogP contribution in [0.25, 0.3) is 0 Å². The second-order valence-corrected chi connectivity index (χ2v) is 5.91. The Morgan fingerprint density at radius 2 is 2.31 bits per heavy atom. The van der Waals surface area contributed by atoms with Crippen LogP contribution < -0.4 is 15.0 Å². The minimum Gasteiger partial charge on any atom is -0.482 e. The number of nitrogens with one attached hydrogen (secondary N) is 1. The van der Waals surface area contributed by atoms with Crippen molar-refractivity contribution >= 4 is 23.2 Å². The monoisotopic (exact) mass is 359 g/mol. The van der Waals surface area contributed by atoms with Crippen molar-refractivity contribution in [1.29, 1.82) is 0 Å². The molecule has 1 aromatic carbocycles. The Labute approximate surface area is 148 Å². The highest BCUT2D eigenvalue weighted by molar-refractivity contribution is 6.02. The Bertz CT molecular complexity index is 836. The molecule has 0 spiro atoms. The third-order valence-corrected chi connectivity index (χ3v) is 3.85. The number of hydrogen-bond acceptors (Lipinski definition) is 6. The number of rotatable bonds is 6. The second kappa shape index (κ2) is 7.21. The first-order valence-corrected chi connectivity index (χ1v) is 7.91. The van der Waals surface area contributed by atoms with Gasteiger partial charge in [0.15, 0.2) is 6.61 Å². The summed E-state index contributed by atoms with van der Waals surface area (Å²) in [5.41, 5.74) is 0.0359. The van der Waals surface area contributed by atoms with Crippen LogP contribution in [0.4, 0.5) is 11.4 Å². The Hall–Kier alpha value is -3.43. The van der Waals surface area contributed by atoms with Gasteiger partial charge in [-0.25, -0.2) is 4.98 Å². The minimum atomic E-state index is -0.565. The minimum absolute atomic E-state index is 0.180. The quantitative estimate of drug-likeness (QED) is 0.599. The second-order valence-electron chi connectivity index (χ2n) is 5.91. The number of carbonyl (C=O) groups excluding carboxylic acids is 2. The molecule has 2 aromatic rings. The van der Waals surface area contributed by atoms with Crippen LogP contribution in [0.15, 0.2) is 36.9 Å². The van der Waals surface area contributed by atoms with Gasteiger partial charge in [-0.3, -0.25) is 24.6 Å². The number of nitro groups is 1. The van der Waals surface area contributed by atoms with Crippen molar-refractivity contribution in [2.24, 2.45) is 0 Å². The number of fused-ring (bicyclic) bond motifs is 1. The SMILES string of the molecule is CC(Cn1ccnc1)NC(=O)CN1C(=O)COc2ccc([N+](=O)[O-])cc21. The Morgan fingerprint density at radius 1 is 1.50 bits per heavy atom. The van der Waals surface area contributed by atoms with E-state index in [1.54, 1.807) is 18.7 Å². The van der Waals surface area contributed by atoms with Crippen LogP contribution in [0.5, 0.6) is 5.75 Å². The molecule has 2 heterocycles.